The minimum Gasteiger partial charge on any atom is -0.507 e. The molecule has 1 unspecified atom stereocenters. The minimum atomic E-state index is -0.685. The number of aliphatic carboxylic acids is 1. The van der Waals surface area contributed by atoms with Gasteiger partial charge in [0.25, 0.3) is 0 Å². The van der Waals surface area contributed by atoms with Crippen molar-refractivity contribution in [1.29, 1.82) is 0 Å². The normalized spacial score (nSPS) is 12.4. The molecule has 3 heteroatoms. The van der Waals surface area contributed by atoms with Crippen molar-refractivity contribution in [3.8, 4) is 5.75 Å². The Labute approximate surface area is 131 Å². The highest BCUT2D eigenvalue weighted by Gasteiger charge is 2.14. The molecule has 0 amide bonds. The Morgan fingerprint density at radius 2 is 1.86 bits per heavy atom. The first-order valence-electron chi connectivity index (χ1n) is 8.06. The van der Waals surface area contributed by atoms with E-state index in [9.17, 15) is 9.90 Å². The molecule has 22 heavy (non-hydrogen) atoms. The van der Waals surface area contributed by atoms with Crippen LogP contribution in [0.1, 0.15) is 44.6 Å². The first kappa shape index (κ1) is 16.3. The van der Waals surface area contributed by atoms with Crippen LogP contribution in [0.3, 0.4) is 0 Å². The van der Waals surface area contributed by atoms with Crippen molar-refractivity contribution >= 4 is 16.7 Å². The van der Waals surface area contributed by atoms with Crippen molar-refractivity contribution in [3.05, 3.63) is 42.0 Å². The molecule has 0 aliphatic heterocycles. The van der Waals surface area contributed by atoms with Gasteiger partial charge in [-0.05, 0) is 36.6 Å². The van der Waals surface area contributed by atoms with E-state index in [1.165, 1.54) is 0 Å². The molecule has 0 fully saturated rings. The lowest BCUT2D eigenvalue weighted by Gasteiger charge is -2.10. The average molecular weight is 300 g/mol. The predicted octanol–water partition coefficient (Wildman–Crippen LogP) is 4.76. The third kappa shape index (κ3) is 4.00. The van der Waals surface area contributed by atoms with Gasteiger partial charge in [0.2, 0.25) is 0 Å². The Hall–Kier alpha value is -2.03. The van der Waals surface area contributed by atoms with Crippen LogP contribution in [0.15, 0.2) is 36.4 Å². The van der Waals surface area contributed by atoms with Crippen LogP contribution in [0.25, 0.3) is 10.8 Å². The van der Waals surface area contributed by atoms with Crippen molar-refractivity contribution < 1.29 is 15.0 Å². The van der Waals surface area contributed by atoms with Gasteiger partial charge in [-0.2, -0.15) is 0 Å². The summed E-state index contributed by atoms with van der Waals surface area (Å²) >= 11 is 0. The fourth-order valence-electron chi connectivity index (χ4n) is 2.89. The second kappa shape index (κ2) is 7.83. The Kier molecular flexibility index (Phi) is 5.82. The highest BCUT2D eigenvalue weighted by Crippen LogP contribution is 2.29. The van der Waals surface area contributed by atoms with Gasteiger partial charge in [-0.3, -0.25) is 4.79 Å². The van der Waals surface area contributed by atoms with Gasteiger partial charge in [0, 0.05) is 5.39 Å². The number of benzene rings is 2. The first-order valence-corrected chi connectivity index (χ1v) is 8.06. The van der Waals surface area contributed by atoms with Crippen molar-refractivity contribution in [2.45, 2.75) is 45.4 Å². The lowest BCUT2D eigenvalue weighted by Crippen LogP contribution is -2.12. The summed E-state index contributed by atoms with van der Waals surface area (Å²) in [4.78, 5) is 11.0. The molecule has 0 saturated heterocycles. The molecule has 2 N–H and O–H groups in total. The molecule has 3 nitrogen and oxygen atoms in total. The Morgan fingerprint density at radius 1 is 1.09 bits per heavy atom. The summed E-state index contributed by atoms with van der Waals surface area (Å²) in [5, 5.41) is 21.3. The molecule has 2 rings (SSSR count). The van der Waals surface area contributed by atoms with Gasteiger partial charge in [0.05, 0.1) is 5.92 Å². The van der Waals surface area contributed by atoms with E-state index in [2.05, 4.69) is 0 Å². The average Bonchev–Trinajstić information content (AvgIpc) is 2.52. The summed E-state index contributed by atoms with van der Waals surface area (Å²) in [5.41, 5.74) is 0.976. The van der Waals surface area contributed by atoms with Gasteiger partial charge in [-0.1, -0.05) is 56.2 Å². The van der Waals surface area contributed by atoms with Crippen LogP contribution in [0.5, 0.6) is 5.75 Å². The number of rotatable bonds is 8. The van der Waals surface area contributed by atoms with Crippen molar-refractivity contribution in [2.24, 2.45) is 5.92 Å². The SMILES string of the molecule is CCC(CCCCCc1ccc2ccccc2c1O)C(=O)O. The minimum absolute atomic E-state index is 0.214. The molecule has 0 aromatic heterocycles. The quantitative estimate of drug-likeness (QED) is 0.691. The maximum absolute atomic E-state index is 11.0. The molecule has 0 radical (unpaired) electrons. The van der Waals surface area contributed by atoms with Gasteiger partial charge in [-0.15, -0.1) is 0 Å². The van der Waals surface area contributed by atoms with Crippen LogP contribution in [-0.2, 0) is 11.2 Å². The molecule has 1 atom stereocenters. The van der Waals surface area contributed by atoms with E-state index in [1.54, 1.807) is 0 Å². The number of hydrogen-bond acceptors (Lipinski definition) is 2. The van der Waals surface area contributed by atoms with E-state index >= 15 is 0 Å². The van der Waals surface area contributed by atoms with Gasteiger partial charge in [0.1, 0.15) is 5.75 Å². The van der Waals surface area contributed by atoms with Crippen LogP contribution in [0.2, 0.25) is 0 Å². The summed E-state index contributed by atoms with van der Waals surface area (Å²) in [6.45, 7) is 1.92. The lowest BCUT2D eigenvalue weighted by molar-refractivity contribution is -0.142. The molecular formula is C19H24O3. The smallest absolute Gasteiger partial charge is 0.306 e. The number of aryl methyl sites for hydroxylation is 1. The van der Waals surface area contributed by atoms with Gasteiger partial charge in [0.15, 0.2) is 0 Å². The van der Waals surface area contributed by atoms with Crippen LogP contribution in [0.4, 0.5) is 0 Å². The summed E-state index contributed by atoms with van der Waals surface area (Å²) in [6, 6.07) is 11.9. The van der Waals surface area contributed by atoms with E-state index in [4.69, 9.17) is 5.11 Å². The zero-order chi connectivity index (χ0) is 15.9. The number of phenols is 1. The van der Waals surface area contributed by atoms with Crippen molar-refractivity contribution in [3.63, 3.8) is 0 Å². The van der Waals surface area contributed by atoms with Crippen molar-refractivity contribution in [2.75, 3.05) is 0 Å². The molecule has 2 aromatic rings. The zero-order valence-electron chi connectivity index (χ0n) is 13.1. The summed E-state index contributed by atoms with van der Waals surface area (Å²) < 4.78 is 0. The third-order valence-electron chi connectivity index (χ3n) is 4.32. The largest absolute Gasteiger partial charge is 0.507 e. The first-order chi connectivity index (χ1) is 10.6. The third-order valence-corrected chi connectivity index (χ3v) is 4.32. The number of fused-ring (bicyclic) bond motifs is 1. The lowest BCUT2D eigenvalue weighted by atomic mass is 9.97. The Morgan fingerprint density at radius 3 is 2.59 bits per heavy atom. The van der Waals surface area contributed by atoms with Gasteiger partial charge >= 0.3 is 5.97 Å². The standard InChI is InChI=1S/C19H24O3/c1-2-14(19(21)22)8-4-3-5-10-16-13-12-15-9-6-7-11-17(15)18(16)20/h6-7,9,11-14,20H,2-5,8,10H2,1H3,(H,21,22). The fraction of sp³-hybridized carbons (Fsp3) is 0.421. The van der Waals surface area contributed by atoms with Crippen LogP contribution >= 0.6 is 0 Å². The number of aromatic hydroxyl groups is 1. The van der Waals surface area contributed by atoms with Gasteiger partial charge < -0.3 is 10.2 Å². The molecule has 0 aliphatic carbocycles. The van der Waals surface area contributed by atoms with E-state index in [1.807, 2.05) is 43.3 Å². The maximum Gasteiger partial charge on any atom is 0.306 e. The van der Waals surface area contributed by atoms with Crippen molar-refractivity contribution in [1.82, 2.24) is 0 Å². The molecule has 0 saturated carbocycles. The Balaban J connectivity index is 1.85. The second-order valence-corrected chi connectivity index (χ2v) is 5.84. The van der Waals surface area contributed by atoms with E-state index < -0.39 is 5.97 Å². The van der Waals surface area contributed by atoms with E-state index in [0.717, 1.165) is 48.4 Å². The zero-order valence-corrected chi connectivity index (χ0v) is 13.1. The topological polar surface area (TPSA) is 57.5 Å². The molecule has 0 heterocycles. The van der Waals surface area contributed by atoms with Crippen LogP contribution in [0, 0.1) is 5.92 Å². The number of carbonyl (C=O) groups is 1. The monoisotopic (exact) mass is 300 g/mol. The summed E-state index contributed by atoms with van der Waals surface area (Å²) in [5.74, 6) is -0.515. The fourth-order valence-corrected chi connectivity index (χ4v) is 2.89. The Bertz CT molecular complexity index is 634. The van der Waals surface area contributed by atoms with Crippen LogP contribution < -0.4 is 0 Å². The molecule has 0 bridgehead atoms. The molecule has 118 valence electrons. The number of carboxylic acids is 1. The van der Waals surface area contributed by atoms with E-state index in [0.29, 0.717) is 12.2 Å². The predicted molar refractivity (Wildman–Crippen MR) is 89.2 cm³/mol. The highest BCUT2D eigenvalue weighted by molar-refractivity contribution is 5.89. The van der Waals surface area contributed by atoms with Crippen LogP contribution in [-0.4, -0.2) is 16.2 Å². The number of unbranched alkanes of at least 4 members (excludes halogenated alkanes) is 2. The molecule has 0 spiro atoms. The number of phenolic OH excluding ortho intramolecular Hbond substituents is 1. The molecule has 2 aromatic carbocycles. The maximum atomic E-state index is 11.0. The van der Waals surface area contributed by atoms with E-state index in [-0.39, 0.29) is 5.92 Å². The number of carboxylic acid groups (broad SMARTS) is 1. The molecule has 0 aliphatic rings. The van der Waals surface area contributed by atoms with Gasteiger partial charge in [-0.25, -0.2) is 0 Å². The highest BCUT2D eigenvalue weighted by atomic mass is 16.4. The molecular weight excluding hydrogens is 276 g/mol. The summed E-state index contributed by atoms with van der Waals surface area (Å²) in [6.07, 6.45) is 5.17. The number of hydrogen-bond donors (Lipinski definition) is 2. The second-order valence-electron chi connectivity index (χ2n) is 5.84. The summed E-state index contributed by atoms with van der Waals surface area (Å²) in [7, 11) is 0.